The number of aliphatic hydroxyl groups excluding tert-OH is 1. The molecule has 2 N–H and O–H groups in total. The summed E-state index contributed by atoms with van der Waals surface area (Å²) in [7, 11) is 0. The molecule has 1 unspecified atom stereocenters. The normalized spacial score (nSPS) is 11.9. The molecule has 0 radical (unpaired) electrons. The summed E-state index contributed by atoms with van der Waals surface area (Å²) in [5, 5.41) is 21.5. The maximum Gasteiger partial charge on any atom is 0.271 e. The molecule has 0 aliphatic carbocycles. The maximum absolute atomic E-state index is 11.7. The molecule has 1 aromatic carbocycles. The van der Waals surface area contributed by atoms with Gasteiger partial charge in [0.15, 0.2) is 0 Å². The first-order valence-electron chi connectivity index (χ1n) is 5.32. The van der Waals surface area contributed by atoms with Crippen molar-refractivity contribution in [2.24, 2.45) is 0 Å². The van der Waals surface area contributed by atoms with Gasteiger partial charge in [-0.05, 0) is 13.0 Å². The zero-order chi connectivity index (χ0) is 13.5. The zero-order valence-electron chi connectivity index (χ0n) is 9.83. The Morgan fingerprint density at radius 1 is 1.61 bits per heavy atom. The quantitative estimate of drug-likeness (QED) is 0.605. The number of carbonyl (C=O) groups excluding carboxylic acids is 1. The van der Waals surface area contributed by atoms with Gasteiger partial charge in [-0.15, -0.1) is 11.8 Å². The van der Waals surface area contributed by atoms with Crippen molar-refractivity contribution in [3.63, 3.8) is 0 Å². The lowest BCUT2D eigenvalue weighted by atomic mass is 10.2. The van der Waals surface area contributed by atoms with Crippen LogP contribution >= 0.6 is 11.8 Å². The van der Waals surface area contributed by atoms with E-state index in [2.05, 4.69) is 5.32 Å². The zero-order valence-corrected chi connectivity index (χ0v) is 10.6. The van der Waals surface area contributed by atoms with E-state index in [-0.39, 0.29) is 23.5 Å². The second kappa shape index (κ2) is 6.97. The van der Waals surface area contributed by atoms with Crippen LogP contribution in [0.25, 0.3) is 0 Å². The van der Waals surface area contributed by atoms with Crippen molar-refractivity contribution in [2.45, 2.75) is 12.2 Å². The second-order valence-corrected chi connectivity index (χ2v) is 4.98. The summed E-state index contributed by atoms with van der Waals surface area (Å²) in [5.74, 6) is 0.234. The number of nitro groups is 1. The van der Waals surface area contributed by atoms with Gasteiger partial charge in [0.05, 0.1) is 16.8 Å². The van der Waals surface area contributed by atoms with Gasteiger partial charge in [-0.25, -0.2) is 0 Å². The molecule has 0 aromatic heterocycles. The van der Waals surface area contributed by atoms with Crippen LogP contribution in [-0.2, 0) is 4.79 Å². The molecule has 6 nitrogen and oxygen atoms in total. The summed E-state index contributed by atoms with van der Waals surface area (Å²) in [6, 6.07) is 5.77. The highest BCUT2D eigenvalue weighted by atomic mass is 32.2. The molecule has 1 rings (SSSR count). The van der Waals surface area contributed by atoms with Crippen LogP contribution < -0.4 is 5.32 Å². The monoisotopic (exact) mass is 270 g/mol. The van der Waals surface area contributed by atoms with E-state index in [1.807, 2.05) is 0 Å². The van der Waals surface area contributed by atoms with E-state index in [0.29, 0.717) is 11.4 Å². The Hall–Kier alpha value is -1.60. The first kappa shape index (κ1) is 14.5. The van der Waals surface area contributed by atoms with Crippen molar-refractivity contribution >= 4 is 29.0 Å². The maximum atomic E-state index is 11.7. The number of amides is 1. The van der Waals surface area contributed by atoms with Gasteiger partial charge in [0, 0.05) is 23.6 Å². The van der Waals surface area contributed by atoms with Gasteiger partial charge in [0.2, 0.25) is 5.91 Å². The summed E-state index contributed by atoms with van der Waals surface area (Å²) in [4.78, 5) is 21.8. The van der Waals surface area contributed by atoms with E-state index in [9.17, 15) is 14.9 Å². The van der Waals surface area contributed by atoms with Crippen molar-refractivity contribution in [3.05, 3.63) is 34.4 Å². The first-order chi connectivity index (χ1) is 8.54. The number of rotatable bonds is 6. The van der Waals surface area contributed by atoms with Gasteiger partial charge in [-0.1, -0.05) is 6.07 Å². The smallest absolute Gasteiger partial charge is 0.271 e. The van der Waals surface area contributed by atoms with Crippen molar-refractivity contribution in [2.75, 3.05) is 17.7 Å². The summed E-state index contributed by atoms with van der Waals surface area (Å²) in [6.45, 7) is 1.73. The van der Waals surface area contributed by atoms with Gasteiger partial charge >= 0.3 is 0 Å². The van der Waals surface area contributed by atoms with Gasteiger partial charge in [-0.3, -0.25) is 14.9 Å². The predicted octanol–water partition coefficient (Wildman–Crippen LogP) is 1.65. The van der Waals surface area contributed by atoms with E-state index in [4.69, 9.17) is 5.11 Å². The summed E-state index contributed by atoms with van der Waals surface area (Å²) in [6.07, 6.45) is 0. The number of aliphatic hydroxyl groups is 1. The summed E-state index contributed by atoms with van der Waals surface area (Å²) >= 11 is 1.32. The van der Waals surface area contributed by atoms with Crippen molar-refractivity contribution < 1.29 is 14.8 Å². The molecule has 0 heterocycles. The number of non-ortho nitro benzene ring substituents is 1. The lowest BCUT2D eigenvalue weighted by Crippen LogP contribution is -2.23. The molecule has 0 saturated carbocycles. The van der Waals surface area contributed by atoms with Crippen molar-refractivity contribution in [1.82, 2.24) is 0 Å². The Bertz CT molecular complexity index is 439. The molecule has 0 fully saturated rings. The minimum absolute atomic E-state index is 0.0130. The Labute approximate surface area is 109 Å². The number of anilines is 1. The van der Waals surface area contributed by atoms with Crippen LogP contribution in [0.4, 0.5) is 11.4 Å². The second-order valence-electron chi connectivity index (χ2n) is 3.53. The summed E-state index contributed by atoms with van der Waals surface area (Å²) < 4.78 is 0. The fourth-order valence-electron chi connectivity index (χ4n) is 1.25. The Kier molecular flexibility index (Phi) is 5.60. The van der Waals surface area contributed by atoms with E-state index >= 15 is 0 Å². The largest absolute Gasteiger partial charge is 0.396 e. The van der Waals surface area contributed by atoms with E-state index in [1.165, 1.54) is 30.0 Å². The van der Waals surface area contributed by atoms with Crippen LogP contribution in [0.3, 0.4) is 0 Å². The van der Waals surface area contributed by atoms with Crippen LogP contribution in [-0.4, -0.2) is 33.5 Å². The van der Waals surface area contributed by atoms with E-state index < -0.39 is 4.92 Å². The minimum Gasteiger partial charge on any atom is -0.396 e. The van der Waals surface area contributed by atoms with Gasteiger partial charge in [0.1, 0.15) is 0 Å². The molecule has 0 bridgehead atoms. The van der Waals surface area contributed by atoms with Gasteiger partial charge in [-0.2, -0.15) is 0 Å². The third-order valence-corrected chi connectivity index (χ3v) is 3.29. The number of hydrogen-bond acceptors (Lipinski definition) is 5. The van der Waals surface area contributed by atoms with Crippen LogP contribution in [0.1, 0.15) is 6.92 Å². The third-order valence-electron chi connectivity index (χ3n) is 2.15. The van der Waals surface area contributed by atoms with Gasteiger partial charge < -0.3 is 10.4 Å². The SMILES string of the molecule is CC(SCCO)C(=O)Nc1cccc([N+](=O)[O-])c1. The standard InChI is InChI=1S/C11H14N2O4S/c1-8(18-6-5-14)11(15)12-9-3-2-4-10(7-9)13(16)17/h2-4,7-8,14H,5-6H2,1H3,(H,12,15). The van der Waals surface area contributed by atoms with Crippen LogP contribution in [0.5, 0.6) is 0 Å². The molecule has 7 heteroatoms. The molecule has 1 amide bonds. The molecule has 0 spiro atoms. The minimum atomic E-state index is -0.514. The van der Waals surface area contributed by atoms with Gasteiger partial charge in [0.25, 0.3) is 5.69 Å². The summed E-state index contributed by atoms with van der Waals surface area (Å²) in [5.41, 5.74) is 0.328. The lowest BCUT2D eigenvalue weighted by molar-refractivity contribution is -0.384. The van der Waals surface area contributed by atoms with Crippen LogP contribution in [0, 0.1) is 10.1 Å². The van der Waals surface area contributed by atoms with Crippen LogP contribution in [0.2, 0.25) is 0 Å². The molecule has 1 aromatic rings. The highest BCUT2D eigenvalue weighted by Gasteiger charge is 2.14. The average molecular weight is 270 g/mol. The highest BCUT2D eigenvalue weighted by Crippen LogP contribution is 2.18. The fraction of sp³-hybridized carbons (Fsp3) is 0.364. The van der Waals surface area contributed by atoms with Crippen molar-refractivity contribution in [3.8, 4) is 0 Å². The van der Waals surface area contributed by atoms with Crippen molar-refractivity contribution in [1.29, 1.82) is 0 Å². The average Bonchev–Trinajstić information content (AvgIpc) is 2.36. The molecule has 1 atom stereocenters. The first-order valence-corrected chi connectivity index (χ1v) is 6.37. The molecule has 0 aliphatic heterocycles. The number of hydrogen-bond donors (Lipinski definition) is 2. The highest BCUT2D eigenvalue weighted by molar-refractivity contribution is 8.00. The number of nitro benzene ring substituents is 1. The predicted molar refractivity (Wildman–Crippen MR) is 70.7 cm³/mol. The Balaban J connectivity index is 2.64. The van der Waals surface area contributed by atoms with E-state index in [1.54, 1.807) is 13.0 Å². The van der Waals surface area contributed by atoms with E-state index in [0.717, 1.165) is 0 Å². The molecule has 18 heavy (non-hydrogen) atoms. The molecular weight excluding hydrogens is 256 g/mol. The number of thioether (sulfide) groups is 1. The molecule has 98 valence electrons. The number of nitrogens with zero attached hydrogens (tertiary/aromatic N) is 1. The number of benzene rings is 1. The number of carbonyl (C=O) groups is 1. The molecule has 0 saturated heterocycles. The lowest BCUT2D eigenvalue weighted by Gasteiger charge is -2.11. The Morgan fingerprint density at radius 3 is 2.94 bits per heavy atom. The van der Waals surface area contributed by atoms with Crippen LogP contribution in [0.15, 0.2) is 24.3 Å². The Morgan fingerprint density at radius 2 is 2.33 bits per heavy atom. The topological polar surface area (TPSA) is 92.5 Å². The fourth-order valence-corrected chi connectivity index (χ4v) is 1.92. The molecular formula is C11H14N2O4S. The third kappa shape index (κ3) is 4.34. The number of nitrogens with one attached hydrogen (secondary N) is 1. The molecule has 0 aliphatic rings.